The maximum atomic E-state index is 4.51. The van der Waals surface area contributed by atoms with Gasteiger partial charge in [0.1, 0.15) is 25.4 Å². The van der Waals surface area contributed by atoms with Gasteiger partial charge in [0.2, 0.25) is 0 Å². The summed E-state index contributed by atoms with van der Waals surface area (Å²) in [6, 6.07) is 0. The van der Waals surface area contributed by atoms with Crippen LogP contribution in [0.5, 0.6) is 0 Å². The number of ether oxygens (including phenoxy) is 4. The fourth-order valence-corrected chi connectivity index (χ4v) is 4.54. The first-order valence-electron chi connectivity index (χ1n) is 41.7. The van der Waals surface area contributed by atoms with Crippen molar-refractivity contribution in [1.29, 1.82) is 0 Å². The second kappa shape index (κ2) is 335. The summed E-state index contributed by atoms with van der Waals surface area (Å²) in [7, 11) is 43.9. The number of thioether (sulfide) groups is 4. The third kappa shape index (κ3) is 755. The summed E-state index contributed by atoms with van der Waals surface area (Å²) in [5.41, 5.74) is 8.65. The van der Waals surface area contributed by atoms with Crippen LogP contribution in [0.25, 0.3) is 0 Å². The molecule has 0 aliphatic heterocycles. The van der Waals surface area contributed by atoms with E-state index in [9.17, 15) is 0 Å². The highest BCUT2D eigenvalue weighted by Crippen LogP contribution is 1.90. The molecule has 0 rings (SSSR count). The summed E-state index contributed by atoms with van der Waals surface area (Å²) >= 11 is 6.66. The van der Waals surface area contributed by atoms with Crippen molar-refractivity contribution in [1.82, 2.24) is 21.5 Å². The number of hydrogen-bond donors (Lipinski definition) is 4. The van der Waals surface area contributed by atoms with E-state index >= 15 is 0 Å². The lowest BCUT2D eigenvalue weighted by Gasteiger charge is -1.76. The van der Waals surface area contributed by atoms with Gasteiger partial charge in [0.05, 0.1) is 72.0 Å². The summed E-state index contributed by atoms with van der Waals surface area (Å²) in [5.74, 6) is 0. The van der Waals surface area contributed by atoms with Gasteiger partial charge in [0.25, 0.3) is 0 Å². The molecule has 0 unspecified atom stereocenters. The van der Waals surface area contributed by atoms with Crippen LogP contribution in [0.15, 0.2) is 269 Å². The second-order valence-electron chi connectivity index (χ2n) is 18.6. The number of allylic oxidation sites excluding steroid dienone is 16. The van der Waals surface area contributed by atoms with Gasteiger partial charge < -0.3 is 40.0 Å². The molecule has 0 aliphatic carbocycles. The van der Waals surface area contributed by atoms with Crippen LogP contribution in [0, 0.1) is 0 Å². The van der Waals surface area contributed by atoms with Gasteiger partial charge in [0, 0.05) is 210 Å². The fraction of sp³-hybridized carbons (Fsp3) is 0.568. The number of azo groups is 3. The van der Waals surface area contributed by atoms with E-state index in [2.05, 4.69) is 202 Å². The zero-order valence-corrected chi connectivity index (χ0v) is 97.1. The minimum absolute atomic E-state index is 0.802. The van der Waals surface area contributed by atoms with Crippen molar-refractivity contribution >= 4 is 165 Å². The third-order valence-corrected chi connectivity index (χ3v) is 9.73. The average molecular weight is 1970 g/mol. The Kier molecular flexibility index (Phi) is 477. The number of hydrogen-bond acceptors (Lipinski definition) is 33. The Labute approximate surface area is 841 Å². The monoisotopic (exact) mass is 1970 g/mol. The molecule has 35 nitrogen and oxygen atoms in total. The summed E-state index contributed by atoms with van der Waals surface area (Å²) in [6.07, 6.45) is 75.9. The standard InChI is InChI=1S/C6H10.3C5H9N.C5H10.3C4H8N2.3C4H9N.2C4H8O.2C4H8S.2C3H7N3.3C3H8N2.2C3H7NO.2C3H7NS.C2H7N3/c1-3-5-6-4-2;2*1-3-4-5-6-2;1-3-5-6-4-2;1-3-5-4-2;1-5-3-4-6-2;2*1-3-6-4-5-2;2*1-3-4-5-2;1-3-5-4-2;4*1-3-4-5-2;2*1-4-3-6-5-2;1-4-3-5-2;2*1-3-5-4-2;4*1-4-3-5-2;1-3-5-4-2/h3-6H,1-2H3;3*3-5H,1-2H3;3,5H,4H2,1-2H3;3*3-4H,1-2H3;4H,3H2,1-2H3;3-5H,1-2H3;3H,4H2,1-2H3;4*3-4H,1-2H3;2*3H,1-2H3;3H,1-2H3,(H,4,5);3H2,1-2H3;3-4H,1-2H3;4*3H,1-2H3;1-2H3,(H,3,4). The Morgan fingerprint density at radius 2 is 0.694 bits per heavy atom. The van der Waals surface area contributed by atoms with Gasteiger partial charge in [-0.1, -0.05) is 104 Å². The lowest BCUT2D eigenvalue weighted by atomic mass is 10.4. The molecule has 0 radical (unpaired) electrons. The van der Waals surface area contributed by atoms with Gasteiger partial charge in [-0.15, -0.1) is 57.3 Å². The van der Waals surface area contributed by atoms with Crippen LogP contribution < -0.4 is 21.5 Å². The first-order chi connectivity index (χ1) is 64.9. The lowest BCUT2D eigenvalue weighted by molar-refractivity contribution is 0.337. The van der Waals surface area contributed by atoms with Gasteiger partial charge in [-0.25, -0.2) is 0 Å². The Morgan fingerprint density at radius 1 is 0.306 bits per heavy atom. The van der Waals surface area contributed by atoms with Gasteiger partial charge in [-0.05, 0) is 204 Å². The summed E-state index contributed by atoms with van der Waals surface area (Å²) in [6.45, 7) is 40.9. The Hall–Kier alpha value is -10.9. The van der Waals surface area contributed by atoms with E-state index in [1.165, 1.54) is 38.2 Å². The summed E-state index contributed by atoms with van der Waals surface area (Å²) in [5, 5.41) is 40.7. The van der Waals surface area contributed by atoms with E-state index in [0.29, 0.717) is 0 Å². The highest BCUT2D eigenvalue weighted by atomic mass is 32.2. The van der Waals surface area contributed by atoms with Gasteiger partial charge in [-0.2, -0.15) is 30.7 Å². The maximum absolute atomic E-state index is 4.51. The number of rotatable bonds is 25. The second-order valence-corrected chi connectivity index (χ2v) is 21.5. The number of hydrazone groups is 1. The van der Waals surface area contributed by atoms with E-state index in [1.807, 2.05) is 272 Å². The Balaban J connectivity index is -0.0000000402. The van der Waals surface area contributed by atoms with Gasteiger partial charge >= 0.3 is 0 Å². The highest BCUT2D eigenvalue weighted by molar-refractivity contribution is 8.11. The van der Waals surface area contributed by atoms with Crippen LogP contribution in [0.1, 0.15) is 151 Å². The molecule has 0 aromatic heterocycles. The van der Waals surface area contributed by atoms with Crippen molar-refractivity contribution in [2.24, 2.45) is 136 Å². The normalized spacial score (nSPS) is 10.4. The number of aliphatic imine (C=N–C) groups is 18. The van der Waals surface area contributed by atoms with Crippen LogP contribution >= 0.6 is 47.0 Å². The van der Waals surface area contributed by atoms with E-state index in [-0.39, 0.29) is 0 Å². The minimum atomic E-state index is 0.802. The molecule has 39 heteroatoms. The number of methoxy groups -OCH3 is 4. The van der Waals surface area contributed by atoms with Crippen LogP contribution in [0.4, 0.5) is 0 Å². The van der Waals surface area contributed by atoms with Crippen molar-refractivity contribution in [3.05, 3.63) is 133 Å². The zero-order chi connectivity index (χ0) is 109. The maximum Gasteiger partial charge on any atom is 0.168 e. The van der Waals surface area contributed by atoms with Crippen LogP contribution in [-0.4, -0.2) is 339 Å². The van der Waals surface area contributed by atoms with E-state index < -0.39 is 0 Å². The van der Waals surface area contributed by atoms with Gasteiger partial charge in [0.15, 0.2) is 12.8 Å². The molecular weight excluding hydrogens is 1770 g/mol. The Bertz CT molecular complexity index is 2060. The predicted octanol–water partition coefficient (Wildman–Crippen LogP) is 24.6. The minimum Gasteiger partial charge on any atom is -0.505 e. The first kappa shape index (κ1) is 191. The van der Waals surface area contributed by atoms with Crippen molar-refractivity contribution in [2.75, 3.05) is 222 Å². The van der Waals surface area contributed by atoms with E-state index in [4.69, 9.17) is 0 Å². The highest BCUT2D eigenvalue weighted by Gasteiger charge is 1.61. The average Bonchev–Trinajstić information content (AvgIpc) is 1.50. The summed E-state index contributed by atoms with van der Waals surface area (Å²) < 4.78 is 17.8. The molecule has 134 heavy (non-hydrogen) atoms. The third-order valence-electron chi connectivity index (χ3n) is 7.79. The molecule has 4 N–H and O–H groups in total. The largest absolute Gasteiger partial charge is 0.505 e. The smallest absolute Gasteiger partial charge is 0.168 e. The van der Waals surface area contributed by atoms with Crippen LogP contribution in [-0.2, 0) is 18.9 Å². The number of nitrogens with one attached hydrogen (secondary N) is 4. The Morgan fingerprint density at radius 3 is 0.739 bits per heavy atom. The van der Waals surface area contributed by atoms with Crippen molar-refractivity contribution in [3.63, 3.8) is 0 Å². The quantitative estimate of drug-likeness (QED) is 0.0126. The fourth-order valence-electron chi connectivity index (χ4n) is 3.58. The van der Waals surface area contributed by atoms with E-state index in [1.54, 1.807) is 309 Å². The molecule has 0 spiro atoms. The zero-order valence-electron chi connectivity index (χ0n) is 93.8. The molecule has 0 amide bonds. The molecule has 0 aromatic rings. The first-order valence-corrected chi connectivity index (χ1v) is 46.9. The molecule has 0 saturated heterocycles. The lowest BCUT2D eigenvalue weighted by Crippen LogP contribution is -1.99. The van der Waals surface area contributed by atoms with Gasteiger partial charge in [-0.3, -0.25) is 90.3 Å². The molecule has 0 heterocycles. The summed E-state index contributed by atoms with van der Waals surface area (Å²) in [4.78, 5) is 65.7. The van der Waals surface area contributed by atoms with Crippen LogP contribution in [0.2, 0.25) is 0 Å². The molecule has 786 valence electrons. The topological polar surface area (TPSA) is 419 Å². The molecule has 0 fully saturated rings. The molecule has 0 atom stereocenters. The van der Waals surface area contributed by atoms with E-state index in [0.717, 1.165) is 25.9 Å². The molecule has 0 aromatic carbocycles. The van der Waals surface area contributed by atoms with Crippen LogP contribution in [0.3, 0.4) is 0 Å². The molecular formula is C95H203N31O4S4. The molecule has 0 bridgehead atoms. The van der Waals surface area contributed by atoms with Crippen molar-refractivity contribution < 1.29 is 18.9 Å². The van der Waals surface area contributed by atoms with Crippen molar-refractivity contribution in [3.8, 4) is 0 Å². The van der Waals surface area contributed by atoms with Crippen molar-refractivity contribution in [2.45, 2.75) is 151 Å². The number of nitrogens with zero attached hydrogens (tertiary/aromatic N) is 27. The molecule has 0 aliphatic rings. The molecule has 0 saturated carbocycles. The predicted molar refractivity (Wildman–Crippen MR) is 639 cm³/mol. The SMILES string of the molecule is CC=CC=CC.CC=CC=NC.CC=CC=NC.CC=CCC.CC=CN=CC.CC=CNC.CC=COC.CC=COC.CC=CSC.CC=CSC.CC=NC=NC.CC=NC=NC.CC=NCC.CC=NNC.CCC=NC.CCN=NC.CN=CC=NC.CN=CN=NC.CN=CN=NC.CN=CNC.CN=COC.CN=COC.CN=CSC.CN=CSC.CN=NNC.